The Morgan fingerprint density at radius 2 is 1.83 bits per heavy atom. The minimum atomic E-state index is -1.23. The van der Waals surface area contributed by atoms with Gasteiger partial charge < -0.3 is 9.47 Å². The number of carbonyl (C=O) groups is 3. The highest BCUT2D eigenvalue weighted by atomic mass is 16.7. The van der Waals surface area contributed by atoms with Crippen LogP contribution in [0.2, 0.25) is 0 Å². The molecule has 5 nitrogen and oxygen atoms in total. The number of hydrogen-bond donors (Lipinski definition) is 0. The van der Waals surface area contributed by atoms with Crippen LogP contribution < -0.4 is 0 Å². The van der Waals surface area contributed by atoms with Crippen molar-refractivity contribution in [1.82, 2.24) is 0 Å². The van der Waals surface area contributed by atoms with Gasteiger partial charge in [-0.25, -0.2) is 0 Å². The Balaban J connectivity index is 2.88. The van der Waals surface area contributed by atoms with Gasteiger partial charge in [0.1, 0.15) is 11.2 Å². The largest absolute Gasteiger partial charge is 0.424 e. The van der Waals surface area contributed by atoms with E-state index in [4.69, 9.17) is 9.47 Å². The van der Waals surface area contributed by atoms with Crippen LogP contribution in [-0.4, -0.2) is 24.0 Å². The number of carbonyl (C=O) groups excluding carboxylic acids is 3. The van der Waals surface area contributed by atoms with Crippen LogP contribution in [0.15, 0.2) is 0 Å². The SMILES string of the molecule is CC(=O)[C@]1(C)C(=O)O[C@@H](OC(=O)C(C)(C)C)[C@H]1C. The van der Waals surface area contributed by atoms with Crippen LogP contribution in [0.5, 0.6) is 0 Å². The zero-order chi connectivity index (χ0) is 14.3. The van der Waals surface area contributed by atoms with Crippen molar-refractivity contribution in [3.8, 4) is 0 Å². The molecule has 1 aliphatic heterocycles. The normalized spacial score (nSPS) is 32.0. The fraction of sp³-hybridized carbons (Fsp3) is 0.769. The second-order valence-corrected chi connectivity index (χ2v) is 5.98. The molecule has 102 valence electrons. The first-order valence-electron chi connectivity index (χ1n) is 5.94. The van der Waals surface area contributed by atoms with Gasteiger partial charge in [-0.1, -0.05) is 6.92 Å². The molecule has 0 aromatic heterocycles. The Labute approximate surface area is 107 Å². The van der Waals surface area contributed by atoms with E-state index in [1.807, 2.05) is 0 Å². The van der Waals surface area contributed by atoms with Gasteiger partial charge in [0.05, 0.1) is 11.3 Å². The standard InChI is InChI=1S/C13H20O5/c1-7-9(17-10(15)12(3,4)5)18-11(16)13(7,6)8(2)14/h7,9H,1-6H3/t7-,9-,13-/m1/s1. The predicted octanol–water partition coefficient (Wildman–Crippen LogP) is 1.69. The van der Waals surface area contributed by atoms with Crippen LogP contribution in [0.25, 0.3) is 0 Å². The molecule has 0 bridgehead atoms. The lowest BCUT2D eigenvalue weighted by molar-refractivity contribution is -0.188. The molecule has 0 aromatic carbocycles. The highest BCUT2D eigenvalue weighted by Gasteiger charge is 2.57. The van der Waals surface area contributed by atoms with E-state index in [9.17, 15) is 14.4 Å². The van der Waals surface area contributed by atoms with Gasteiger partial charge in [-0.05, 0) is 34.6 Å². The Kier molecular flexibility index (Phi) is 3.56. The second kappa shape index (κ2) is 4.37. The maximum atomic E-state index is 11.8. The van der Waals surface area contributed by atoms with Crippen LogP contribution in [-0.2, 0) is 23.9 Å². The van der Waals surface area contributed by atoms with Gasteiger partial charge in [0.25, 0.3) is 6.29 Å². The van der Waals surface area contributed by atoms with E-state index in [-0.39, 0.29) is 5.78 Å². The van der Waals surface area contributed by atoms with E-state index in [1.54, 1.807) is 27.7 Å². The predicted molar refractivity (Wildman–Crippen MR) is 63.4 cm³/mol. The molecule has 3 atom stereocenters. The van der Waals surface area contributed by atoms with Crippen molar-refractivity contribution < 1.29 is 23.9 Å². The maximum Gasteiger partial charge on any atom is 0.322 e. The summed E-state index contributed by atoms with van der Waals surface area (Å²) in [6.07, 6.45) is -0.988. The van der Waals surface area contributed by atoms with Crippen LogP contribution in [0.4, 0.5) is 0 Å². The summed E-state index contributed by atoms with van der Waals surface area (Å²) in [6.45, 7) is 9.66. The van der Waals surface area contributed by atoms with E-state index in [1.165, 1.54) is 13.8 Å². The smallest absolute Gasteiger partial charge is 0.322 e. The molecular weight excluding hydrogens is 236 g/mol. The third-order valence-electron chi connectivity index (χ3n) is 3.53. The van der Waals surface area contributed by atoms with Gasteiger partial charge in [0, 0.05) is 0 Å². The average Bonchev–Trinajstić information content (AvgIpc) is 2.43. The number of hydrogen-bond acceptors (Lipinski definition) is 5. The summed E-state index contributed by atoms with van der Waals surface area (Å²) in [5.74, 6) is -1.86. The number of Topliss-reactive ketones (excluding diaryl/α,β-unsaturated/α-hetero) is 1. The molecule has 0 spiro atoms. The van der Waals surface area contributed by atoms with E-state index in [0.29, 0.717) is 0 Å². The lowest BCUT2D eigenvalue weighted by Gasteiger charge is -2.24. The maximum absolute atomic E-state index is 11.8. The van der Waals surface area contributed by atoms with E-state index < -0.39 is 35.0 Å². The fourth-order valence-electron chi connectivity index (χ4n) is 1.66. The molecule has 0 radical (unpaired) electrons. The molecule has 18 heavy (non-hydrogen) atoms. The first kappa shape index (κ1) is 14.7. The van der Waals surface area contributed by atoms with Gasteiger partial charge in [0.2, 0.25) is 0 Å². The van der Waals surface area contributed by atoms with Crippen molar-refractivity contribution in [3.63, 3.8) is 0 Å². The van der Waals surface area contributed by atoms with Gasteiger partial charge in [-0.15, -0.1) is 0 Å². The van der Waals surface area contributed by atoms with Crippen molar-refractivity contribution in [2.24, 2.45) is 16.7 Å². The van der Waals surface area contributed by atoms with E-state index >= 15 is 0 Å². The molecule has 0 amide bonds. The van der Waals surface area contributed by atoms with Crippen molar-refractivity contribution >= 4 is 17.7 Å². The molecule has 5 heteroatoms. The van der Waals surface area contributed by atoms with Crippen molar-refractivity contribution in [2.75, 3.05) is 0 Å². The molecular formula is C13H20O5. The Morgan fingerprint density at radius 1 is 1.33 bits per heavy atom. The average molecular weight is 256 g/mol. The molecule has 0 aliphatic carbocycles. The van der Waals surface area contributed by atoms with Crippen LogP contribution in [0, 0.1) is 16.7 Å². The van der Waals surface area contributed by atoms with Crippen LogP contribution >= 0.6 is 0 Å². The summed E-state index contributed by atoms with van der Waals surface area (Å²) < 4.78 is 10.2. The molecule has 1 rings (SSSR count). The lowest BCUT2D eigenvalue weighted by atomic mass is 9.76. The number of ether oxygens (including phenoxy) is 2. The van der Waals surface area contributed by atoms with E-state index in [2.05, 4.69) is 0 Å². The molecule has 0 unspecified atom stereocenters. The summed E-state index contributed by atoms with van der Waals surface area (Å²) >= 11 is 0. The Bertz CT molecular complexity index is 393. The van der Waals surface area contributed by atoms with Gasteiger partial charge in [0.15, 0.2) is 0 Å². The number of cyclic esters (lactones) is 1. The van der Waals surface area contributed by atoms with E-state index in [0.717, 1.165) is 0 Å². The summed E-state index contributed by atoms with van der Waals surface area (Å²) in [5, 5.41) is 0. The van der Waals surface area contributed by atoms with Crippen molar-refractivity contribution in [3.05, 3.63) is 0 Å². The fourth-order valence-corrected chi connectivity index (χ4v) is 1.66. The van der Waals surface area contributed by atoms with Crippen LogP contribution in [0.3, 0.4) is 0 Å². The number of esters is 2. The Hall–Kier alpha value is -1.39. The minimum Gasteiger partial charge on any atom is -0.424 e. The summed E-state index contributed by atoms with van der Waals surface area (Å²) in [6, 6.07) is 0. The topological polar surface area (TPSA) is 69.7 Å². The minimum absolute atomic E-state index is 0.283. The van der Waals surface area contributed by atoms with Crippen molar-refractivity contribution in [1.29, 1.82) is 0 Å². The van der Waals surface area contributed by atoms with Gasteiger partial charge in [-0.3, -0.25) is 14.4 Å². The molecule has 1 fully saturated rings. The van der Waals surface area contributed by atoms with Crippen molar-refractivity contribution in [2.45, 2.75) is 47.8 Å². The quantitative estimate of drug-likeness (QED) is 0.555. The molecule has 0 saturated carbocycles. The first-order chi connectivity index (χ1) is 8.01. The third kappa shape index (κ3) is 2.26. The molecule has 0 aromatic rings. The molecule has 0 N–H and O–H groups in total. The molecule has 1 aliphatic rings. The first-order valence-corrected chi connectivity index (χ1v) is 5.94. The number of rotatable bonds is 2. The summed E-state index contributed by atoms with van der Waals surface area (Å²) in [4.78, 5) is 35.1. The zero-order valence-electron chi connectivity index (χ0n) is 11.7. The highest BCUT2D eigenvalue weighted by molar-refractivity contribution is 6.03. The van der Waals surface area contributed by atoms with Gasteiger partial charge in [-0.2, -0.15) is 0 Å². The monoisotopic (exact) mass is 256 g/mol. The summed E-state index contributed by atoms with van der Waals surface area (Å²) in [7, 11) is 0. The Morgan fingerprint density at radius 3 is 2.17 bits per heavy atom. The molecule has 1 saturated heterocycles. The van der Waals surface area contributed by atoms with Gasteiger partial charge >= 0.3 is 11.9 Å². The molecule has 1 heterocycles. The highest BCUT2D eigenvalue weighted by Crippen LogP contribution is 2.41. The summed E-state index contributed by atoms with van der Waals surface area (Å²) in [5.41, 5.74) is -1.91. The lowest BCUT2D eigenvalue weighted by Crippen LogP contribution is -2.38. The number of ketones is 1. The zero-order valence-corrected chi connectivity index (χ0v) is 11.7. The van der Waals surface area contributed by atoms with Crippen LogP contribution in [0.1, 0.15) is 41.5 Å². The third-order valence-corrected chi connectivity index (χ3v) is 3.53. The second-order valence-electron chi connectivity index (χ2n) is 5.98.